The molecule has 0 saturated heterocycles. The molecular formula is C29H20Cl2F3N5O5. The van der Waals surface area contributed by atoms with Crippen LogP contribution in [0.1, 0.15) is 27.5 Å². The minimum atomic E-state index is -5.08. The summed E-state index contributed by atoms with van der Waals surface area (Å²) in [5.74, 6) is -1.72. The second-order valence-electron chi connectivity index (χ2n) is 9.51. The molecule has 3 N–H and O–H groups in total. The van der Waals surface area contributed by atoms with Crippen LogP contribution in [0.25, 0.3) is 0 Å². The number of fused-ring (bicyclic) bond motifs is 1. The molecule has 15 heteroatoms. The van der Waals surface area contributed by atoms with Gasteiger partial charge in [-0.2, -0.15) is 18.3 Å². The van der Waals surface area contributed by atoms with Gasteiger partial charge in [-0.25, -0.2) is 9.78 Å². The number of alkyl halides is 3. The Balaban J connectivity index is 0.000000493. The van der Waals surface area contributed by atoms with Gasteiger partial charge in [-0.15, -0.1) is 0 Å². The van der Waals surface area contributed by atoms with E-state index in [1.54, 1.807) is 48.7 Å². The van der Waals surface area contributed by atoms with Crippen molar-refractivity contribution in [3.8, 4) is 11.5 Å². The lowest BCUT2D eigenvalue weighted by Crippen LogP contribution is -2.45. The van der Waals surface area contributed by atoms with Gasteiger partial charge in [-0.05, 0) is 54.1 Å². The molecule has 6 rings (SSSR count). The van der Waals surface area contributed by atoms with Crippen LogP contribution in [0.2, 0.25) is 10.2 Å². The molecule has 2 aliphatic rings. The Labute approximate surface area is 257 Å². The largest absolute Gasteiger partial charge is 0.490 e. The average molecular weight is 646 g/mol. The number of nitrogens with one attached hydrogen (secondary N) is 2. The van der Waals surface area contributed by atoms with Crippen molar-refractivity contribution >= 4 is 46.7 Å². The highest BCUT2D eigenvalue weighted by Crippen LogP contribution is 2.43. The number of amides is 1. The summed E-state index contributed by atoms with van der Waals surface area (Å²) in [7, 11) is 0. The van der Waals surface area contributed by atoms with Gasteiger partial charge in [-0.1, -0.05) is 41.4 Å². The van der Waals surface area contributed by atoms with Gasteiger partial charge in [0.15, 0.2) is 5.78 Å². The Morgan fingerprint density at radius 1 is 1.00 bits per heavy atom. The van der Waals surface area contributed by atoms with Gasteiger partial charge >= 0.3 is 12.1 Å². The predicted octanol–water partition coefficient (Wildman–Crippen LogP) is 6.07. The van der Waals surface area contributed by atoms with Gasteiger partial charge in [0, 0.05) is 27.8 Å². The smallest absolute Gasteiger partial charge is 0.475 e. The molecule has 0 radical (unpaired) electrons. The number of hydrogen-bond acceptors (Lipinski definition) is 7. The lowest BCUT2D eigenvalue weighted by Gasteiger charge is -2.36. The van der Waals surface area contributed by atoms with Crippen LogP contribution in [-0.4, -0.2) is 62.1 Å². The number of carbonyl (C=O) groups is 3. The minimum Gasteiger partial charge on any atom is -0.475 e. The van der Waals surface area contributed by atoms with Crippen molar-refractivity contribution < 1.29 is 37.4 Å². The Morgan fingerprint density at radius 3 is 2.39 bits per heavy atom. The van der Waals surface area contributed by atoms with E-state index in [0.29, 0.717) is 33.6 Å². The molecule has 0 fully saturated rings. The maximum absolute atomic E-state index is 13.6. The number of aromatic amines is 1. The van der Waals surface area contributed by atoms with Crippen molar-refractivity contribution in [2.45, 2.75) is 12.1 Å². The fraction of sp³-hybridized carbons (Fsp3) is 0.138. The van der Waals surface area contributed by atoms with Crippen LogP contribution in [-0.2, 0) is 9.59 Å². The highest BCUT2D eigenvalue weighted by Gasteiger charge is 2.40. The molecule has 2 aliphatic heterocycles. The van der Waals surface area contributed by atoms with Crippen molar-refractivity contribution in [3.05, 3.63) is 111 Å². The summed E-state index contributed by atoms with van der Waals surface area (Å²) in [4.78, 5) is 41.1. The van der Waals surface area contributed by atoms with E-state index < -0.39 is 12.1 Å². The summed E-state index contributed by atoms with van der Waals surface area (Å²) in [6.07, 6.45) is -3.37. The van der Waals surface area contributed by atoms with Crippen LogP contribution in [0.15, 0.2) is 84.2 Å². The summed E-state index contributed by atoms with van der Waals surface area (Å²) in [6.45, 7) is 0.141. The number of anilines is 1. The van der Waals surface area contributed by atoms with Gasteiger partial charge in [-0.3, -0.25) is 14.7 Å². The zero-order chi connectivity index (χ0) is 31.6. The molecular weight excluding hydrogens is 626 g/mol. The number of ketones is 1. The number of Topliss-reactive ketones (excluding diaryl/α,β-unsaturated/α-hetero) is 1. The molecule has 1 unspecified atom stereocenters. The molecule has 0 aliphatic carbocycles. The van der Waals surface area contributed by atoms with Gasteiger partial charge in [0.25, 0.3) is 5.91 Å². The van der Waals surface area contributed by atoms with Crippen molar-refractivity contribution in [2.75, 3.05) is 18.4 Å². The van der Waals surface area contributed by atoms with Gasteiger partial charge < -0.3 is 20.1 Å². The van der Waals surface area contributed by atoms with E-state index in [1.165, 1.54) is 4.90 Å². The van der Waals surface area contributed by atoms with E-state index in [0.717, 1.165) is 11.1 Å². The van der Waals surface area contributed by atoms with E-state index in [2.05, 4.69) is 20.5 Å². The highest BCUT2D eigenvalue weighted by atomic mass is 35.5. The third-order valence-electron chi connectivity index (χ3n) is 6.56. The first-order valence-corrected chi connectivity index (χ1v) is 13.5. The lowest BCUT2D eigenvalue weighted by atomic mass is 9.79. The molecule has 44 heavy (non-hydrogen) atoms. The Morgan fingerprint density at radius 2 is 1.70 bits per heavy atom. The number of benzene rings is 2. The molecule has 1 atom stereocenters. The van der Waals surface area contributed by atoms with Crippen molar-refractivity contribution in [3.63, 3.8) is 0 Å². The number of aliphatic carboxylic acids is 1. The van der Waals surface area contributed by atoms with Gasteiger partial charge in [0.05, 0.1) is 19.3 Å². The maximum Gasteiger partial charge on any atom is 0.490 e. The lowest BCUT2D eigenvalue weighted by molar-refractivity contribution is -0.192. The van der Waals surface area contributed by atoms with E-state index in [1.807, 2.05) is 24.3 Å². The van der Waals surface area contributed by atoms with Crippen molar-refractivity contribution in [2.24, 2.45) is 0 Å². The number of H-pyrrole nitrogens is 1. The summed E-state index contributed by atoms with van der Waals surface area (Å²) in [5, 5.41) is 18.4. The number of aromatic nitrogens is 3. The molecule has 0 spiro atoms. The zero-order valence-corrected chi connectivity index (χ0v) is 23.7. The number of carboxylic acids is 1. The Hall–Kier alpha value is -4.88. The zero-order valence-electron chi connectivity index (χ0n) is 22.2. The van der Waals surface area contributed by atoms with Crippen LogP contribution < -0.4 is 10.1 Å². The second-order valence-corrected chi connectivity index (χ2v) is 10.3. The molecule has 1 amide bonds. The monoisotopic (exact) mass is 645 g/mol. The van der Waals surface area contributed by atoms with Crippen molar-refractivity contribution in [1.82, 2.24) is 20.1 Å². The molecule has 2 aromatic heterocycles. The third-order valence-corrected chi connectivity index (χ3v) is 7.02. The molecule has 0 saturated carbocycles. The van der Waals surface area contributed by atoms with E-state index >= 15 is 0 Å². The molecule has 4 heterocycles. The normalized spacial score (nSPS) is 15.8. The first-order chi connectivity index (χ1) is 20.9. The van der Waals surface area contributed by atoms with Gasteiger partial charge in [0.1, 0.15) is 28.2 Å². The summed E-state index contributed by atoms with van der Waals surface area (Å²) in [5.41, 5.74) is 3.13. The fourth-order valence-corrected chi connectivity index (χ4v) is 4.99. The number of pyridine rings is 1. The predicted molar refractivity (Wildman–Crippen MR) is 153 cm³/mol. The van der Waals surface area contributed by atoms with Crippen LogP contribution in [0, 0.1) is 0 Å². The number of nitrogens with zero attached hydrogens (tertiary/aromatic N) is 3. The van der Waals surface area contributed by atoms with Crippen LogP contribution in [0.3, 0.4) is 0 Å². The van der Waals surface area contributed by atoms with Crippen LogP contribution >= 0.6 is 23.2 Å². The number of hydrogen-bond donors (Lipinski definition) is 3. The first kappa shape index (κ1) is 30.6. The molecule has 0 bridgehead atoms. The van der Waals surface area contributed by atoms with Gasteiger partial charge in [0.2, 0.25) is 0 Å². The summed E-state index contributed by atoms with van der Waals surface area (Å²) in [6, 6.07) is 19.5. The number of carboxylic acid groups (broad SMARTS) is 1. The van der Waals surface area contributed by atoms with E-state index in [-0.39, 0.29) is 41.5 Å². The fourth-order valence-electron chi connectivity index (χ4n) is 4.70. The Bertz CT molecular complexity index is 1780. The third kappa shape index (κ3) is 6.68. The Kier molecular flexibility index (Phi) is 8.61. The topological polar surface area (TPSA) is 138 Å². The average Bonchev–Trinajstić information content (AvgIpc) is 3.45. The first-order valence-electron chi connectivity index (χ1n) is 12.7. The molecule has 4 aromatic rings. The standard InChI is InChI=1S/C27H19Cl2N5O3.C2HF3O2/c28-16-7-9-17(10-8-16)37-18-4-1-3-15(11-18)24-19-12-30-33-26(19)32-21-13-34(14-22(35)25(21)24)27(36)20-5-2-6-23(29)31-20;3-2(4,5)1(6)7/h1-12,24H,13-14H2,(H2,30,32,33);(H,6,7). The summed E-state index contributed by atoms with van der Waals surface area (Å²) >= 11 is 12.0. The summed E-state index contributed by atoms with van der Waals surface area (Å²) < 4.78 is 37.8. The second kappa shape index (κ2) is 12.4. The highest BCUT2D eigenvalue weighted by molar-refractivity contribution is 6.30. The minimum absolute atomic E-state index is 0.0712. The number of carbonyl (C=O) groups excluding carboxylic acids is 2. The number of rotatable bonds is 4. The molecule has 226 valence electrons. The van der Waals surface area contributed by atoms with Crippen LogP contribution in [0.5, 0.6) is 11.5 Å². The van der Waals surface area contributed by atoms with Crippen molar-refractivity contribution in [1.29, 1.82) is 0 Å². The SMILES string of the molecule is O=C(O)C(F)(F)F.O=C1CN(C(=O)c2cccc(Cl)n2)CC2=C1C(c1cccc(Oc3ccc(Cl)cc3)c1)c1cn[nH]c1N2. The number of ether oxygens (including phenoxy) is 1. The molecule has 2 aromatic carbocycles. The maximum atomic E-state index is 13.6. The van der Waals surface area contributed by atoms with E-state index in [4.69, 9.17) is 37.8 Å². The number of halogens is 5. The quantitative estimate of drug-likeness (QED) is 0.227. The molecule has 10 nitrogen and oxygen atoms in total. The van der Waals surface area contributed by atoms with Crippen LogP contribution in [0.4, 0.5) is 19.0 Å². The van der Waals surface area contributed by atoms with E-state index in [9.17, 15) is 22.8 Å².